The van der Waals surface area contributed by atoms with Crippen LogP contribution in [-0.4, -0.2) is 22.9 Å². The third kappa shape index (κ3) is 2.05. The maximum atomic E-state index is 10.0. The van der Waals surface area contributed by atoms with Gasteiger partial charge in [-0.3, -0.25) is 0 Å². The van der Waals surface area contributed by atoms with Crippen LogP contribution in [0.15, 0.2) is 35.2 Å². The molecule has 1 fully saturated rings. The molecule has 70 valence electrons. The van der Waals surface area contributed by atoms with Crippen LogP contribution in [0.4, 0.5) is 0 Å². The van der Waals surface area contributed by atoms with Crippen LogP contribution in [-0.2, 0) is 11.2 Å². The summed E-state index contributed by atoms with van der Waals surface area (Å²) in [7, 11) is 0. The third-order valence-electron chi connectivity index (χ3n) is 2.32. The molecule has 1 aromatic carbocycles. The maximum Gasteiger partial charge on any atom is 0.190 e. The van der Waals surface area contributed by atoms with E-state index in [1.54, 1.807) is 0 Å². The standard InChI is InChI=1S/C10H14NOS/c12-13(10-6-7-11-8-10)9-4-2-1-3-5-9/h1-5,10-12H,6-8H2/q+1. The summed E-state index contributed by atoms with van der Waals surface area (Å²) in [5, 5.41) is 3.69. The highest BCUT2D eigenvalue weighted by Crippen LogP contribution is 2.19. The van der Waals surface area contributed by atoms with E-state index in [1.807, 2.05) is 30.3 Å². The summed E-state index contributed by atoms with van der Waals surface area (Å²) in [5.41, 5.74) is 0. The molecule has 0 aliphatic carbocycles. The van der Waals surface area contributed by atoms with E-state index in [9.17, 15) is 4.55 Å². The Morgan fingerprint density at radius 2 is 2.08 bits per heavy atom. The van der Waals surface area contributed by atoms with Crippen LogP contribution in [0.1, 0.15) is 6.42 Å². The highest BCUT2D eigenvalue weighted by atomic mass is 32.2. The van der Waals surface area contributed by atoms with Crippen molar-refractivity contribution in [2.45, 2.75) is 16.6 Å². The summed E-state index contributed by atoms with van der Waals surface area (Å²) in [6.45, 7) is 2.00. The third-order valence-corrected chi connectivity index (χ3v) is 4.10. The molecule has 13 heavy (non-hydrogen) atoms. The molecule has 0 amide bonds. The van der Waals surface area contributed by atoms with Crippen molar-refractivity contribution in [3.8, 4) is 0 Å². The average molecular weight is 196 g/mol. The van der Waals surface area contributed by atoms with Crippen LogP contribution in [0.3, 0.4) is 0 Å². The van der Waals surface area contributed by atoms with E-state index in [0.29, 0.717) is 5.25 Å². The van der Waals surface area contributed by atoms with Gasteiger partial charge in [0.2, 0.25) is 0 Å². The fourth-order valence-electron chi connectivity index (χ4n) is 1.57. The molecule has 0 aromatic heterocycles. The Hall–Kier alpha value is -0.510. The van der Waals surface area contributed by atoms with Crippen LogP contribution in [0.25, 0.3) is 0 Å². The van der Waals surface area contributed by atoms with Crippen molar-refractivity contribution in [1.82, 2.24) is 5.32 Å². The van der Waals surface area contributed by atoms with Gasteiger partial charge in [0.25, 0.3) is 0 Å². The van der Waals surface area contributed by atoms with Gasteiger partial charge in [0.15, 0.2) is 21.3 Å². The predicted molar refractivity (Wildman–Crippen MR) is 56.0 cm³/mol. The summed E-state index contributed by atoms with van der Waals surface area (Å²) in [6, 6.07) is 9.94. The molecule has 1 aliphatic rings. The van der Waals surface area contributed by atoms with E-state index in [0.717, 1.165) is 24.4 Å². The minimum absolute atomic E-state index is 0.419. The number of rotatable bonds is 2. The Bertz CT molecular complexity index is 259. The second-order valence-corrected chi connectivity index (χ2v) is 5.01. The number of benzene rings is 1. The first-order chi connectivity index (χ1) is 6.38. The van der Waals surface area contributed by atoms with Crippen molar-refractivity contribution in [2.75, 3.05) is 13.1 Å². The summed E-state index contributed by atoms with van der Waals surface area (Å²) >= 11 is -0.571. The molecule has 0 bridgehead atoms. The van der Waals surface area contributed by atoms with Crippen molar-refractivity contribution in [1.29, 1.82) is 0 Å². The van der Waals surface area contributed by atoms with Gasteiger partial charge in [0.1, 0.15) is 0 Å². The lowest BCUT2D eigenvalue weighted by Crippen LogP contribution is -2.23. The molecular formula is C10H14NOS+. The first-order valence-corrected chi connectivity index (χ1v) is 5.80. The number of hydrogen-bond donors (Lipinski definition) is 2. The van der Waals surface area contributed by atoms with E-state index in [-0.39, 0.29) is 0 Å². The quantitative estimate of drug-likeness (QED) is 0.703. The van der Waals surface area contributed by atoms with Crippen LogP contribution >= 0.6 is 0 Å². The molecule has 2 atom stereocenters. The summed E-state index contributed by atoms with van der Waals surface area (Å²) < 4.78 is 10.0. The fourth-order valence-corrected chi connectivity index (χ4v) is 3.01. The Morgan fingerprint density at radius 1 is 1.31 bits per heavy atom. The molecule has 1 saturated heterocycles. The number of hydrogen-bond acceptors (Lipinski definition) is 2. The minimum Gasteiger partial charge on any atom is -0.312 e. The molecule has 1 aliphatic heterocycles. The Kier molecular flexibility index (Phi) is 2.88. The molecule has 0 saturated carbocycles. The van der Waals surface area contributed by atoms with Gasteiger partial charge in [-0.1, -0.05) is 18.2 Å². The van der Waals surface area contributed by atoms with Gasteiger partial charge < -0.3 is 5.32 Å². The molecule has 2 unspecified atom stereocenters. The largest absolute Gasteiger partial charge is 0.312 e. The van der Waals surface area contributed by atoms with E-state index in [4.69, 9.17) is 0 Å². The van der Waals surface area contributed by atoms with Crippen molar-refractivity contribution in [3.63, 3.8) is 0 Å². The summed E-state index contributed by atoms with van der Waals surface area (Å²) in [6.07, 6.45) is 1.09. The lowest BCUT2D eigenvalue weighted by Gasteiger charge is -2.04. The smallest absolute Gasteiger partial charge is 0.190 e. The van der Waals surface area contributed by atoms with E-state index >= 15 is 0 Å². The Balaban J connectivity index is 2.08. The van der Waals surface area contributed by atoms with Crippen molar-refractivity contribution >= 4 is 11.2 Å². The van der Waals surface area contributed by atoms with Crippen LogP contribution in [0.2, 0.25) is 0 Å². The zero-order chi connectivity index (χ0) is 9.10. The van der Waals surface area contributed by atoms with Crippen molar-refractivity contribution in [2.24, 2.45) is 0 Å². The zero-order valence-electron chi connectivity index (χ0n) is 7.44. The maximum absolute atomic E-state index is 10.0. The molecule has 3 heteroatoms. The van der Waals surface area contributed by atoms with Crippen LogP contribution < -0.4 is 5.32 Å². The van der Waals surface area contributed by atoms with E-state index in [1.165, 1.54) is 0 Å². The predicted octanol–water partition coefficient (Wildman–Crippen LogP) is 1.50. The highest BCUT2D eigenvalue weighted by molar-refractivity contribution is 7.92. The average Bonchev–Trinajstić information content (AvgIpc) is 2.71. The summed E-state index contributed by atoms with van der Waals surface area (Å²) in [5.74, 6) is 0. The summed E-state index contributed by atoms with van der Waals surface area (Å²) in [4.78, 5) is 1.07. The molecule has 2 N–H and O–H groups in total. The second kappa shape index (κ2) is 4.13. The van der Waals surface area contributed by atoms with Crippen LogP contribution in [0, 0.1) is 0 Å². The van der Waals surface area contributed by atoms with Gasteiger partial charge in [-0.05, 0) is 12.1 Å². The molecule has 0 spiro atoms. The Morgan fingerprint density at radius 3 is 2.69 bits per heavy atom. The highest BCUT2D eigenvalue weighted by Gasteiger charge is 2.34. The van der Waals surface area contributed by atoms with E-state index < -0.39 is 11.2 Å². The van der Waals surface area contributed by atoms with Gasteiger partial charge >= 0.3 is 0 Å². The minimum atomic E-state index is -0.571. The van der Waals surface area contributed by atoms with Crippen LogP contribution in [0.5, 0.6) is 0 Å². The molecular weight excluding hydrogens is 182 g/mol. The van der Waals surface area contributed by atoms with Gasteiger partial charge in [0.05, 0.1) is 0 Å². The van der Waals surface area contributed by atoms with Gasteiger partial charge in [0, 0.05) is 19.5 Å². The monoisotopic (exact) mass is 196 g/mol. The first kappa shape index (κ1) is 9.06. The zero-order valence-corrected chi connectivity index (χ0v) is 8.26. The normalized spacial score (nSPS) is 24.5. The lowest BCUT2D eigenvalue weighted by molar-refractivity contribution is 0.622. The van der Waals surface area contributed by atoms with Gasteiger partial charge in [-0.15, -0.1) is 0 Å². The molecule has 1 heterocycles. The molecule has 2 nitrogen and oxygen atoms in total. The van der Waals surface area contributed by atoms with Crippen molar-refractivity contribution in [3.05, 3.63) is 30.3 Å². The SMILES string of the molecule is O[S+](c1ccccc1)C1CCNC1. The van der Waals surface area contributed by atoms with E-state index in [2.05, 4.69) is 5.32 Å². The second-order valence-electron chi connectivity index (χ2n) is 3.24. The molecule has 2 rings (SSSR count). The van der Waals surface area contributed by atoms with Gasteiger partial charge in [-0.2, -0.15) is 4.55 Å². The topological polar surface area (TPSA) is 32.3 Å². The number of nitrogens with one attached hydrogen (secondary N) is 1. The van der Waals surface area contributed by atoms with Crippen molar-refractivity contribution < 1.29 is 4.55 Å². The fraction of sp³-hybridized carbons (Fsp3) is 0.400. The lowest BCUT2D eigenvalue weighted by atomic mass is 10.4. The molecule has 1 aromatic rings. The first-order valence-electron chi connectivity index (χ1n) is 4.56. The molecule has 0 radical (unpaired) electrons. The van der Waals surface area contributed by atoms with Gasteiger partial charge in [-0.25, -0.2) is 0 Å². The Labute approximate surface area is 81.5 Å².